The summed E-state index contributed by atoms with van der Waals surface area (Å²) in [6.45, 7) is 4.19. The molecule has 0 bridgehead atoms. The lowest BCUT2D eigenvalue weighted by atomic mass is 10.00. The molecule has 0 saturated heterocycles. The number of hydrogen-bond donors (Lipinski definition) is 2. The Balaban J connectivity index is 2.71. The molecule has 0 aliphatic rings. The molecule has 1 rings (SSSR count). The van der Waals surface area contributed by atoms with Gasteiger partial charge in [-0.15, -0.1) is 0 Å². The zero-order valence-electron chi connectivity index (χ0n) is 10.00. The van der Waals surface area contributed by atoms with Gasteiger partial charge in [0.25, 0.3) is 0 Å². The fourth-order valence-electron chi connectivity index (χ4n) is 1.58. The van der Waals surface area contributed by atoms with Crippen molar-refractivity contribution in [2.75, 3.05) is 13.2 Å². The third-order valence-electron chi connectivity index (χ3n) is 2.49. The number of amides is 1. The fraction of sp³-hybridized carbons (Fsp3) is 0.417. The molecule has 5 heteroatoms. The van der Waals surface area contributed by atoms with E-state index in [1.807, 2.05) is 26.0 Å². The maximum atomic E-state index is 10.5. The summed E-state index contributed by atoms with van der Waals surface area (Å²) in [5, 5.41) is 0. The molecule has 1 aromatic rings. The van der Waals surface area contributed by atoms with E-state index in [0.29, 0.717) is 0 Å². The molecule has 1 unspecified atom stereocenters. The van der Waals surface area contributed by atoms with Crippen molar-refractivity contribution < 1.29 is 9.53 Å². The summed E-state index contributed by atoms with van der Waals surface area (Å²) in [5.74, 6) is -0.485. The van der Waals surface area contributed by atoms with Crippen molar-refractivity contribution in [1.29, 1.82) is 0 Å². The topological polar surface area (TPSA) is 78.3 Å². The Labute approximate surface area is 109 Å². The number of halogens is 1. The molecule has 0 fully saturated rings. The maximum Gasteiger partial charge on any atom is 0.243 e. The summed E-state index contributed by atoms with van der Waals surface area (Å²) in [6.07, 6.45) is 0. The van der Waals surface area contributed by atoms with Crippen LogP contribution < -0.4 is 11.5 Å². The van der Waals surface area contributed by atoms with Crippen LogP contribution in [-0.2, 0) is 9.53 Å². The monoisotopic (exact) mass is 300 g/mol. The lowest BCUT2D eigenvalue weighted by molar-refractivity contribution is -0.122. The number of carbonyl (C=O) groups is 1. The highest BCUT2D eigenvalue weighted by Gasteiger charge is 2.11. The van der Waals surface area contributed by atoms with Crippen LogP contribution in [-0.4, -0.2) is 19.1 Å². The summed E-state index contributed by atoms with van der Waals surface area (Å²) in [7, 11) is 0. The molecule has 1 atom stereocenters. The molecular formula is C12H17BrN2O2. The van der Waals surface area contributed by atoms with Crippen LogP contribution in [0.5, 0.6) is 0 Å². The SMILES string of the molecule is Cc1cc(C(N)COCC(N)=O)c(C)cc1Br. The summed E-state index contributed by atoms with van der Waals surface area (Å²) < 4.78 is 6.18. The average Bonchev–Trinajstić information content (AvgIpc) is 2.22. The van der Waals surface area contributed by atoms with Gasteiger partial charge in [-0.1, -0.05) is 22.0 Å². The van der Waals surface area contributed by atoms with Crippen molar-refractivity contribution >= 4 is 21.8 Å². The molecule has 4 N–H and O–H groups in total. The Morgan fingerprint density at radius 1 is 1.41 bits per heavy atom. The van der Waals surface area contributed by atoms with Crippen LogP contribution in [0.4, 0.5) is 0 Å². The largest absolute Gasteiger partial charge is 0.370 e. The van der Waals surface area contributed by atoms with E-state index in [1.54, 1.807) is 0 Å². The number of ether oxygens (including phenoxy) is 1. The van der Waals surface area contributed by atoms with Gasteiger partial charge in [-0.25, -0.2) is 0 Å². The predicted molar refractivity (Wildman–Crippen MR) is 70.6 cm³/mol. The molecule has 1 aromatic carbocycles. The minimum atomic E-state index is -0.485. The van der Waals surface area contributed by atoms with Crippen LogP contribution in [0.2, 0.25) is 0 Å². The lowest BCUT2D eigenvalue weighted by Gasteiger charge is -2.16. The molecule has 17 heavy (non-hydrogen) atoms. The molecule has 0 spiro atoms. The fourth-order valence-corrected chi connectivity index (χ4v) is 2.04. The van der Waals surface area contributed by atoms with E-state index in [1.165, 1.54) is 0 Å². The summed E-state index contributed by atoms with van der Waals surface area (Å²) in [4.78, 5) is 10.5. The van der Waals surface area contributed by atoms with Crippen molar-refractivity contribution in [2.45, 2.75) is 19.9 Å². The van der Waals surface area contributed by atoms with Crippen LogP contribution >= 0.6 is 15.9 Å². The molecule has 1 amide bonds. The van der Waals surface area contributed by atoms with Crippen LogP contribution in [0.15, 0.2) is 16.6 Å². The quantitative estimate of drug-likeness (QED) is 0.866. The van der Waals surface area contributed by atoms with Gasteiger partial charge in [-0.3, -0.25) is 4.79 Å². The van der Waals surface area contributed by atoms with E-state index in [4.69, 9.17) is 16.2 Å². The summed E-state index contributed by atoms with van der Waals surface area (Å²) in [5.41, 5.74) is 14.2. The van der Waals surface area contributed by atoms with Crippen molar-refractivity contribution in [3.63, 3.8) is 0 Å². The van der Waals surface area contributed by atoms with Gasteiger partial charge in [0.15, 0.2) is 0 Å². The molecule has 0 saturated carbocycles. The lowest BCUT2D eigenvalue weighted by Crippen LogP contribution is -2.23. The van der Waals surface area contributed by atoms with Gasteiger partial charge in [0.05, 0.1) is 12.6 Å². The zero-order valence-corrected chi connectivity index (χ0v) is 11.6. The van der Waals surface area contributed by atoms with Gasteiger partial charge >= 0.3 is 0 Å². The Bertz CT molecular complexity index is 421. The number of rotatable bonds is 5. The first-order chi connectivity index (χ1) is 7.91. The maximum absolute atomic E-state index is 10.5. The average molecular weight is 301 g/mol. The Morgan fingerprint density at radius 3 is 2.65 bits per heavy atom. The first kappa shape index (κ1) is 14.2. The number of nitrogens with two attached hydrogens (primary N) is 2. The molecule has 0 aromatic heterocycles. The Kier molecular flexibility index (Phi) is 5.11. The highest BCUT2D eigenvalue weighted by Crippen LogP contribution is 2.24. The predicted octanol–water partition coefficient (Wildman–Crippen LogP) is 1.57. The van der Waals surface area contributed by atoms with E-state index in [9.17, 15) is 4.79 Å². The highest BCUT2D eigenvalue weighted by molar-refractivity contribution is 9.10. The van der Waals surface area contributed by atoms with E-state index in [0.717, 1.165) is 21.2 Å². The molecule has 0 aliphatic carbocycles. The minimum Gasteiger partial charge on any atom is -0.370 e. The molecule has 0 heterocycles. The van der Waals surface area contributed by atoms with Gasteiger partial charge < -0.3 is 16.2 Å². The second-order valence-corrected chi connectivity index (χ2v) is 4.90. The van der Waals surface area contributed by atoms with Gasteiger partial charge in [0, 0.05) is 4.47 Å². The van der Waals surface area contributed by atoms with Crippen LogP contribution in [0.25, 0.3) is 0 Å². The smallest absolute Gasteiger partial charge is 0.243 e. The number of hydrogen-bond acceptors (Lipinski definition) is 3. The number of primary amides is 1. The summed E-state index contributed by atoms with van der Waals surface area (Å²) in [6, 6.07) is 3.80. The van der Waals surface area contributed by atoms with Gasteiger partial charge in [0.1, 0.15) is 6.61 Å². The second-order valence-electron chi connectivity index (χ2n) is 4.05. The van der Waals surface area contributed by atoms with Gasteiger partial charge in [-0.2, -0.15) is 0 Å². The normalized spacial score (nSPS) is 12.5. The Hall–Kier alpha value is -0.910. The molecule has 94 valence electrons. The highest BCUT2D eigenvalue weighted by atomic mass is 79.9. The van der Waals surface area contributed by atoms with E-state index >= 15 is 0 Å². The second kappa shape index (κ2) is 6.14. The van der Waals surface area contributed by atoms with Gasteiger partial charge in [-0.05, 0) is 36.6 Å². The van der Waals surface area contributed by atoms with E-state index < -0.39 is 5.91 Å². The number of benzene rings is 1. The first-order valence-electron chi connectivity index (χ1n) is 5.30. The van der Waals surface area contributed by atoms with Crippen molar-refractivity contribution in [1.82, 2.24) is 0 Å². The zero-order chi connectivity index (χ0) is 13.0. The van der Waals surface area contributed by atoms with E-state index in [2.05, 4.69) is 15.9 Å². The third-order valence-corrected chi connectivity index (χ3v) is 3.34. The van der Waals surface area contributed by atoms with Crippen LogP contribution in [0, 0.1) is 13.8 Å². The van der Waals surface area contributed by atoms with Crippen molar-refractivity contribution in [2.24, 2.45) is 11.5 Å². The number of carbonyl (C=O) groups excluding carboxylic acids is 1. The van der Waals surface area contributed by atoms with Crippen molar-refractivity contribution in [3.8, 4) is 0 Å². The molecule has 0 aliphatic heterocycles. The standard InChI is InChI=1S/C12H17BrN2O2/c1-7-4-10(13)8(2)3-9(7)11(14)5-17-6-12(15)16/h3-4,11H,5-6,14H2,1-2H3,(H2,15,16). The van der Waals surface area contributed by atoms with Crippen molar-refractivity contribution in [3.05, 3.63) is 33.3 Å². The summed E-state index contributed by atoms with van der Waals surface area (Å²) >= 11 is 3.47. The van der Waals surface area contributed by atoms with Crippen LogP contribution in [0.1, 0.15) is 22.7 Å². The molecular weight excluding hydrogens is 284 g/mol. The number of aryl methyl sites for hydroxylation is 2. The molecule has 0 radical (unpaired) electrons. The Morgan fingerprint density at radius 2 is 2.06 bits per heavy atom. The van der Waals surface area contributed by atoms with Crippen LogP contribution in [0.3, 0.4) is 0 Å². The minimum absolute atomic E-state index is 0.0950. The first-order valence-corrected chi connectivity index (χ1v) is 6.09. The van der Waals surface area contributed by atoms with E-state index in [-0.39, 0.29) is 19.3 Å². The van der Waals surface area contributed by atoms with Gasteiger partial charge in [0.2, 0.25) is 5.91 Å². The molecule has 4 nitrogen and oxygen atoms in total. The third kappa shape index (κ3) is 4.11.